The molecule has 2 N–H and O–H groups in total. The Morgan fingerprint density at radius 3 is 2.78 bits per heavy atom. The SMILES string of the molecule is COc1ccc(-c2nnc(S[C@@H](C)C(=O)N(C)CCC#N)n2N)c(OC)c1. The van der Waals surface area contributed by atoms with E-state index in [2.05, 4.69) is 10.2 Å². The fourth-order valence-electron chi connectivity index (χ4n) is 2.37. The molecule has 1 aromatic heterocycles. The van der Waals surface area contributed by atoms with E-state index < -0.39 is 5.25 Å². The van der Waals surface area contributed by atoms with E-state index in [9.17, 15) is 4.79 Å². The minimum Gasteiger partial charge on any atom is -0.497 e. The summed E-state index contributed by atoms with van der Waals surface area (Å²) in [6.07, 6.45) is 0.286. The monoisotopic (exact) mass is 390 g/mol. The van der Waals surface area contributed by atoms with Crippen LogP contribution < -0.4 is 15.3 Å². The first-order valence-corrected chi connectivity index (χ1v) is 9.02. The maximum atomic E-state index is 12.4. The summed E-state index contributed by atoms with van der Waals surface area (Å²) in [5.74, 6) is 7.65. The minimum absolute atomic E-state index is 0.109. The number of aromatic nitrogens is 3. The molecule has 0 spiro atoms. The molecule has 1 atom stereocenters. The lowest BCUT2D eigenvalue weighted by molar-refractivity contribution is -0.128. The first-order chi connectivity index (χ1) is 12.9. The van der Waals surface area contributed by atoms with Crippen LogP contribution in [0.25, 0.3) is 11.4 Å². The molecule has 1 aromatic carbocycles. The highest BCUT2D eigenvalue weighted by atomic mass is 32.2. The Kier molecular flexibility index (Phi) is 6.90. The molecule has 9 nitrogen and oxygen atoms in total. The molecule has 0 bridgehead atoms. The van der Waals surface area contributed by atoms with E-state index in [1.165, 1.54) is 21.3 Å². The number of ether oxygens (including phenoxy) is 2. The molecular formula is C17H22N6O3S. The van der Waals surface area contributed by atoms with Gasteiger partial charge in [0, 0.05) is 19.7 Å². The second-order valence-corrected chi connectivity index (χ2v) is 6.98. The number of methoxy groups -OCH3 is 2. The summed E-state index contributed by atoms with van der Waals surface area (Å²) in [7, 11) is 4.78. The molecule has 0 aliphatic rings. The number of rotatable bonds is 8. The van der Waals surface area contributed by atoms with Gasteiger partial charge >= 0.3 is 0 Å². The van der Waals surface area contributed by atoms with E-state index in [-0.39, 0.29) is 12.3 Å². The molecule has 0 unspecified atom stereocenters. The van der Waals surface area contributed by atoms with Crippen molar-refractivity contribution in [3.8, 4) is 29.0 Å². The second-order valence-electron chi connectivity index (χ2n) is 5.67. The van der Waals surface area contributed by atoms with E-state index in [0.29, 0.717) is 34.6 Å². The van der Waals surface area contributed by atoms with Gasteiger partial charge in [0.25, 0.3) is 0 Å². The van der Waals surface area contributed by atoms with Crippen LogP contribution in [-0.2, 0) is 4.79 Å². The molecule has 2 rings (SSSR count). The maximum absolute atomic E-state index is 12.4. The Morgan fingerprint density at radius 1 is 1.41 bits per heavy atom. The summed E-state index contributed by atoms with van der Waals surface area (Å²) in [4.78, 5) is 13.9. The van der Waals surface area contributed by atoms with Crippen LogP contribution in [0.2, 0.25) is 0 Å². The van der Waals surface area contributed by atoms with Crippen LogP contribution in [-0.4, -0.2) is 58.7 Å². The summed E-state index contributed by atoms with van der Waals surface area (Å²) in [6.45, 7) is 2.14. The van der Waals surface area contributed by atoms with Crippen molar-refractivity contribution in [2.24, 2.45) is 0 Å². The van der Waals surface area contributed by atoms with Crippen molar-refractivity contribution in [1.29, 1.82) is 5.26 Å². The number of nitrogens with zero attached hydrogens (tertiary/aromatic N) is 5. The molecule has 2 aromatic rings. The molecule has 0 saturated carbocycles. The van der Waals surface area contributed by atoms with Gasteiger partial charge in [0.15, 0.2) is 5.82 Å². The Labute approximate surface area is 162 Å². The van der Waals surface area contributed by atoms with Gasteiger partial charge in [0.1, 0.15) is 11.5 Å². The van der Waals surface area contributed by atoms with Crippen molar-refractivity contribution in [2.45, 2.75) is 23.8 Å². The third-order valence-corrected chi connectivity index (χ3v) is 4.92. The zero-order chi connectivity index (χ0) is 20.0. The first-order valence-electron chi connectivity index (χ1n) is 8.14. The summed E-state index contributed by atoms with van der Waals surface area (Å²) in [6, 6.07) is 7.31. The highest BCUT2D eigenvalue weighted by molar-refractivity contribution is 8.00. The van der Waals surface area contributed by atoms with Gasteiger partial charge in [-0.05, 0) is 19.1 Å². The second kappa shape index (κ2) is 9.14. The first kappa shape index (κ1) is 20.4. The van der Waals surface area contributed by atoms with Crippen LogP contribution in [0.5, 0.6) is 11.5 Å². The third kappa shape index (κ3) is 4.62. The normalized spacial score (nSPS) is 11.5. The van der Waals surface area contributed by atoms with Gasteiger partial charge in [-0.1, -0.05) is 11.8 Å². The minimum atomic E-state index is -0.425. The zero-order valence-electron chi connectivity index (χ0n) is 15.7. The molecule has 0 fully saturated rings. The summed E-state index contributed by atoms with van der Waals surface area (Å²) >= 11 is 1.20. The van der Waals surface area contributed by atoms with Gasteiger partial charge in [0.05, 0.1) is 37.5 Å². The Bertz CT molecular complexity index is 848. The Balaban J connectivity index is 2.20. The molecule has 1 amide bonds. The van der Waals surface area contributed by atoms with Crippen molar-refractivity contribution in [1.82, 2.24) is 19.8 Å². The molecule has 0 aliphatic heterocycles. The summed E-state index contributed by atoms with van der Waals surface area (Å²) in [5, 5.41) is 16.8. The number of nitriles is 1. The van der Waals surface area contributed by atoms with Gasteiger partial charge in [-0.2, -0.15) is 5.26 Å². The molecule has 0 radical (unpaired) electrons. The van der Waals surface area contributed by atoms with Crippen LogP contribution in [0.15, 0.2) is 23.4 Å². The quantitative estimate of drug-likeness (QED) is 0.532. The Morgan fingerprint density at radius 2 is 2.15 bits per heavy atom. The number of benzene rings is 1. The molecule has 27 heavy (non-hydrogen) atoms. The largest absolute Gasteiger partial charge is 0.497 e. The number of amides is 1. The third-order valence-electron chi connectivity index (χ3n) is 3.88. The van der Waals surface area contributed by atoms with Crippen LogP contribution in [0.4, 0.5) is 0 Å². The van der Waals surface area contributed by atoms with Gasteiger partial charge in [-0.15, -0.1) is 10.2 Å². The molecule has 10 heteroatoms. The molecule has 144 valence electrons. The van der Waals surface area contributed by atoms with Crippen molar-refractivity contribution < 1.29 is 14.3 Å². The van der Waals surface area contributed by atoms with Crippen LogP contribution in [0, 0.1) is 11.3 Å². The topological polar surface area (TPSA) is 119 Å². The van der Waals surface area contributed by atoms with Crippen molar-refractivity contribution >= 4 is 17.7 Å². The average molecular weight is 390 g/mol. The number of carbonyl (C=O) groups is 1. The lowest BCUT2D eigenvalue weighted by atomic mass is 10.2. The smallest absolute Gasteiger partial charge is 0.235 e. The predicted molar refractivity (Wildman–Crippen MR) is 102 cm³/mol. The lowest BCUT2D eigenvalue weighted by Gasteiger charge is -2.19. The number of nitrogen functional groups attached to an aromatic ring is 1. The van der Waals surface area contributed by atoms with E-state index in [0.717, 1.165) is 0 Å². The fourth-order valence-corrected chi connectivity index (χ4v) is 3.26. The van der Waals surface area contributed by atoms with E-state index in [1.54, 1.807) is 46.4 Å². The molecule has 1 heterocycles. The van der Waals surface area contributed by atoms with E-state index in [4.69, 9.17) is 20.6 Å². The van der Waals surface area contributed by atoms with E-state index in [1.807, 2.05) is 6.07 Å². The summed E-state index contributed by atoms with van der Waals surface area (Å²) < 4.78 is 11.9. The number of hydrogen-bond donors (Lipinski definition) is 1. The number of hydrogen-bond acceptors (Lipinski definition) is 8. The average Bonchev–Trinajstić information content (AvgIpc) is 3.04. The molecule has 0 aliphatic carbocycles. The predicted octanol–water partition coefficient (Wildman–Crippen LogP) is 1.53. The number of thioether (sulfide) groups is 1. The fraction of sp³-hybridized carbons (Fsp3) is 0.412. The highest BCUT2D eigenvalue weighted by Gasteiger charge is 2.23. The summed E-state index contributed by atoms with van der Waals surface area (Å²) in [5.41, 5.74) is 0.658. The van der Waals surface area contributed by atoms with Crippen molar-refractivity contribution in [3.05, 3.63) is 18.2 Å². The zero-order valence-corrected chi connectivity index (χ0v) is 16.5. The number of carbonyl (C=O) groups excluding carboxylic acids is 1. The molecular weight excluding hydrogens is 368 g/mol. The Hall–Kier alpha value is -2.93. The van der Waals surface area contributed by atoms with Gasteiger partial charge in [0.2, 0.25) is 11.1 Å². The van der Waals surface area contributed by atoms with E-state index >= 15 is 0 Å². The van der Waals surface area contributed by atoms with Gasteiger partial charge in [-0.25, -0.2) is 4.68 Å². The molecule has 0 saturated heterocycles. The van der Waals surface area contributed by atoms with Gasteiger partial charge in [-0.3, -0.25) is 4.79 Å². The maximum Gasteiger partial charge on any atom is 0.235 e. The van der Waals surface area contributed by atoms with Crippen LogP contribution in [0.3, 0.4) is 0 Å². The van der Waals surface area contributed by atoms with Crippen LogP contribution >= 0.6 is 11.8 Å². The van der Waals surface area contributed by atoms with Crippen molar-refractivity contribution in [3.63, 3.8) is 0 Å². The van der Waals surface area contributed by atoms with Crippen molar-refractivity contribution in [2.75, 3.05) is 33.7 Å². The highest BCUT2D eigenvalue weighted by Crippen LogP contribution is 2.33. The standard InChI is InChI=1S/C17H22N6O3S/c1-11(16(24)22(2)9-5-8-18)27-17-21-20-15(23(17)19)13-7-6-12(25-3)10-14(13)26-4/h6-7,10-11H,5,9,19H2,1-4H3/t11-/m0/s1. The van der Waals surface area contributed by atoms with Crippen LogP contribution in [0.1, 0.15) is 13.3 Å². The number of nitrogens with two attached hydrogens (primary N) is 1. The lowest BCUT2D eigenvalue weighted by Crippen LogP contribution is -2.34. The van der Waals surface area contributed by atoms with Gasteiger partial charge < -0.3 is 20.2 Å².